The molecule has 1 N–H and O–H groups in total. The second kappa shape index (κ2) is 13.4. The topological polar surface area (TPSA) is 96.0 Å². The first-order chi connectivity index (χ1) is 18.5. The fourth-order valence-electron chi connectivity index (χ4n) is 3.75. The minimum absolute atomic E-state index is 0.0462. The summed E-state index contributed by atoms with van der Waals surface area (Å²) >= 11 is 18.4. The van der Waals surface area contributed by atoms with Crippen molar-refractivity contribution in [3.05, 3.63) is 87.4 Å². The first kappa shape index (κ1) is 30.6. The van der Waals surface area contributed by atoms with E-state index in [9.17, 15) is 18.0 Å². The lowest BCUT2D eigenvalue weighted by atomic mass is 10.1. The normalized spacial score (nSPS) is 11.9. The Morgan fingerprint density at radius 3 is 2.13 bits per heavy atom. The second-order valence-electron chi connectivity index (χ2n) is 8.49. The number of sulfonamides is 1. The lowest BCUT2D eigenvalue weighted by molar-refractivity contribution is -0.139. The van der Waals surface area contributed by atoms with Crippen molar-refractivity contribution in [2.75, 3.05) is 24.5 Å². The van der Waals surface area contributed by atoms with Crippen LogP contribution in [0.5, 0.6) is 5.75 Å². The molecule has 0 aromatic heterocycles. The molecule has 12 heteroatoms. The van der Waals surface area contributed by atoms with E-state index in [-0.39, 0.29) is 17.1 Å². The van der Waals surface area contributed by atoms with Crippen LogP contribution in [0.1, 0.15) is 19.4 Å². The number of hydrogen-bond donors (Lipinski definition) is 1. The average molecular weight is 613 g/mol. The average Bonchev–Trinajstić information content (AvgIpc) is 2.91. The monoisotopic (exact) mass is 611 g/mol. The SMILES string of the molecule is CCNC(=O)[C@H](C)N(Cc1ccc(Cl)cc1Cl)C(=O)CN(c1ccc(Cl)cc1)S(=O)(=O)c1ccc(OC)cc1. The highest BCUT2D eigenvalue weighted by Gasteiger charge is 2.32. The summed E-state index contributed by atoms with van der Waals surface area (Å²) in [7, 11) is -2.75. The molecule has 3 rings (SSSR count). The fraction of sp³-hybridized carbons (Fsp3) is 0.259. The second-order valence-corrected chi connectivity index (χ2v) is 11.6. The van der Waals surface area contributed by atoms with E-state index in [1.165, 1.54) is 66.6 Å². The lowest BCUT2D eigenvalue weighted by Gasteiger charge is -2.32. The molecule has 208 valence electrons. The van der Waals surface area contributed by atoms with Gasteiger partial charge in [-0.15, -0.1) is 0 Å². The number of anilines is 1. The summed E-state index contributed by atoms with van der Waals surface area (Å²) in [5.41, 5.74) is 0.764. The highest BCUT2D eigenvalue weighted by atomic mass is 35.5. The molecule has 0 aliphatic rings. The van der Waals surface area contributed by atoms with E-state index in [1.54, 1.807) is 26.0 Å². The summed E-state index contributed by atoms with van der Waals surface area (Å²) in [6.07, 6.45) is 0. The number of benzene rings is 3. The smallest absolute Gasteiger partial charge is 0.264 e. The van der Waals surface area contributed by atoms with Crippen molar-refractivity contribution in [3.63, 3.8) is 0 Å². The third kappa shape index (κ3) is 7.57. The van der Waals surface area contributed by atoms with Gasteiger partial charge in [-0.3, -0.25) is 13.9 Å². The Balaban J connectivity index is 2.04. The van der Waals surface area contributed by atoms with Crippen LogP contribution < -0.4 is 14.4 Å². The van der Waals surface area contributed by atoms with Crippen molar-refractivity contribution in [1.29, 1.82) is 0 Å². The highest BCUT2D eigenvalue weighted by molar-refractivity contribution is 7.92. The zero-order valence-electron chi connectivity index (χ0n) is 21.5. The van der Waals surface area contributed by atoms with E-state index < -0.39 is 34.4 Å². The third-order valence-corrected chi connectivity index (χ3v) is 8.54. The van der Waals surface area contributed by atoms with Crippen LogP contribution in [0.3, 0.4) is 0 Å². The van der Waals surface area contributed by atoms with Gasteiger partial charge in [0.1, 0.15) is 18.3 Å². The van der Waals surface area contributed by atoms with E-state index >= 15 is 0 Å². The molecule has 3 aromatic rings. The van der Waals surface area contributed by atoms with Crippen molar-refractivity contribution in [2.45, 2.75) is 31.3 Å². The molecule has 0 saturated heterocycles. The Kier molecular flexibility index (Phi) is 10.5. The zero-order chi connectivity index (χ0) is 28.7. The molecule has 0 fully saturated rings. The summed E-state index contributed by atoms with van der Waals surface area (Å²) < 4.78 is 33.7. The fourth-order valence-corrected chi connectivity index (χ4v) is 5.76. The first-order valence-corrected chi connectivity index (χ1v) is 14.5. The van der Waals surface area contributed by atoms with Crippen LogP contribution in [0.2, 0.25) is 15.1 Å². The molecule has 39 heavy (non-hydrogen) atoms. The number of methoxy groups -OCH3 is 1. The molecule has 0 spiro atoms. The number of carbonyl (C=O) groups excluding carboxylic acids is 2. The number of nitrogens with zero attached hydrogens (tertiary/aromatic N) is 2. The van der Waals surface area contributed by atoms with Crippen molar-refractivity contribution in [3.8, 4) is 5.75 Å². The van der Waals surface area contributed by atoms with Gasteiger partial charge in [-0.05, 0) is 80.1 Å². The maximum absolute atomic E-state index is 13.8. The predicted octanol–water partition coefficient (Wildman–Crippen LogP) is 5.40. The quantitative estimate of drug-likeness (QED) is 0.313. The van der Waals surface area contributed by atoms with Gasteiger partial charge in [0.25, 0.3) is 10.0 Å². The Morgan fingerprint density at radius 2 is 1.56 bits per heavy atom. The molecule has 0 saturated carbocycles. The molecule has 0 bridgehead atoms. The first-order valence-electron chi connectivity index (χ1n) is 11.9. The van der Waals surface area contributed by atoms with Gasteiger partial charge in [0.2, 0.25) is 11.8 Å². The summed E-state index contributed by atoms with van der Waals surface area (Å²) in [5.74, 6) is -0.538. The summed E-state index contributed by atoms with van der Waals surface area (Å²) in [6, 6.07) is 15.8. The molecule has 0 heterocycles. The highest BCUT2D eigenvalue weighted by Crippen LogP contribution is 2.28. The van der Waals surface area contributed by atoms with Gasteiger partial charge in [-0.25, -0.2) is 8.42 Å². The van der Waals surface area contributed by atoms with Crippen LogP contribution in [-0.2, 0) is 26.2 Å². The molecule has 8 nitrogen and oxygen atoms in total. The van der Waals surface area contributed by atoms with Gasteiger partial charge in [0.15, 0.2) is 0 Å². The van der Waals surface area contributed by atoms with E-state index in [1.807, 2.05) is 0 Å². The van der Waals surface area contributed by atoms with Crippen molar-refractivity contribution >= 4 is 62.3 Å². The number of ether oxygens (including phenoxy) is 1. The van der Waals surface area contributed by atoms with E-state index in [2.05, 4.69) is 5.32 Å². The molecule has 0 aliphatic carbocycles. The van der Waals surface area contributed by atoms with Gasteiger partial charge in [-0.2, -0.15) is 0 Å². The molecular weight excluding hydrogens is 585 g/mol. The number of likely N-dealkylation sites (N-methyl/N-ethyl adjacent to an activating group) is 1. The van der Waals surface area contributed by atoms with Crippen molar-refractivity contribution in [1.82, 2.24) is 10.2 Å². The van der Waals surface area contributed by atoms with E-state index in [4.69, 9.17) is 39.5 Å². The molecule has 0 unspecified atom stereocenters. The largest absolute Gasteiger partial charge is 0.497 e. The number of amides is 2. The molecular formula is C27H28Cl3N3O5S. The van der Waals surface area contributed by atoms with Crippen LogP contribution in [0.4, 0.5) is 5.69 Å². The maximum atomic E-state index is 13.8. The minimum atomic E-state index is -4.22. The maximum Gasteiger partial charge on any atom is 0.264 e. The summed E-state index contributed by atoms with van der Waals surface area (Å²) in [5, 5.41) is 3.83. The number of hydrogen-bond acceptors (Lipinski definition) is 5. The van der Waals surface area contributed by atoms with Crippen molar-refractivity contribution in [2.24, 2.45) is 0 Å². The Labute approximate surface area is 243 Å². The Bertz CT molecular complexity index is 1420. The van der Waals surface area contributed by atoms with Gasteiger partial charge >= 0.3 is 0 Å². The van der Waals surface area contributed by atoms with Crippen LogP contribution in [0, 0.1) is 0 Å². The Hall–Kier alpha value is -2.98. The third-order valence-electron chi connectivity index (χ3n) is 5.92. The van der Waals surface area contributed by atoms with Crippen molar-refractivity contribution < 1.29 is 22.7 Å². The van der Waals surface area contributed by atoms with Crippen LogP contribution in [-0.4, -0.2) is 51.4 Å². The number of halogens is 3. The molecule has 2 amide bonds. The lowest BCUT2D eigenvalue weighted by Crippen LogP contribution is -2.51. The predicted molar refractivity (Wildman–Crippen MR) is 154 cm³/mol. The molecule has 0 aliphatic heterocycles. The number of rotatable bonds is 11. The summed E-state index contributed by atoms with van der Waals surface area (Å²) in [4.78, 5) is 27.8. The molecule has 3 aromatic carbocycles. The zero-order valence-corrected chi connectivity index (χ0v) is 24.6. The van der Waals surface area contributed by atoms with Gasteiger partial charge in [0, 0.05) is 28.2 Å². The van der Waals surface area contributed by atoms with Gasteiger partial charge < -0.3 is 15.0 Å². The minimum Gasteiger partial charge on any atom is -0.497 e. The standard InChI is InChI=1S/C27H28Cl3N3O5S/c1-4-31-27(35)18(2)32(16-19-5-6-21(29)15-25(19)30)26(34)17-33(22-9-7-20(28)8-10-22)39(36,37)24-13-11-23(38-3)12-14-24/h5-15,18H,4,16-17H2,1-3H3,(H,31,35)/t18-/m0/s1. The number of carbonyl (C=O) groups is 2. The van der Waals surface area contributed by atoms with E-state index in [0.717, 1.165) is 4.31 Å². The molecule has 0 radical (unpaired) electrons. The van der Waals surface area contributed by atoms with E-state index in [0.29, 0.717) is 32.9 Å². The van der Waals surface area contributed by atoms with Gasteiger partial charge in [0.05, 0.1) is 17.7 Å². The van der Waals surface area contributed by atoms with Gasteiger partial charge in [-0.1, -0.05) is 40.9 Å². The summed E-state index contributed by atoms with van der Waals surface area (Å²) in [6.45, 7) is 3.04. The van der Waals surface area contributed by atoms with Crippen LogP contribution in [0.25, 0.3) is 0 Å². The van der Waals surface area contributed by atoms with Crippen LogP contribution in [0.15, 0.2) is 71.6 Å². The van der Waals surface area contributed by atoms with Crippen LogP contribution >= 0.6 is 34.8 Å². The Morgan fingerprint density at radius 1 is 0.949 bits per heavy atom. The number of nitrogens with one attached hydrogen (secondary N) is 1. The molecule has 1 atom stereocenters.